The van der Waals surface area contributed by atoms with Crippen LogP contribution in [0.4, 0.5) is 0 Å². The lowest BCUT2D eigenvalue weighted by Crippen LogP contribution is -2.28. The van der Waals surface area contributed by atoms with Crippen molar-refractivity contribution in [1.82, 2.24) is 15.1 Å². The van der Waals surface area contributed by atoms with E-state index in [0.29, 0.717) is 12.5 Å². The fraction of sp³-hybridized carbons (Fsp3) is 0.412. The highest BCUT2D eigenvalue weighted by molar-refractivity contribution is 5.59. The zero-order valence-corrected chi connectivity index (χ0v) is 13.5. The number of aromatic nitrogens is 2. The molecular formula is C17H23N3O2. The molecule has 0 saturated carbocycles. The van der Waals surface area contributed by atoms with Crippen molar-refractivity contribution >= 4 is 0 Å². The van der Waals surface area contributed by atoms with E-state index in [9.17, 15) is 0 Å². The minimum Gasteiger partial charge on any atom is -0.497 e. The van der Waals surface area contributed by atoms with E-state index in [1.807, 2.05) is 36.4 Å². The molecule has 0 unspecified atom stereocenters. The van der Waals surface area contributed by atoms with Crippen molar-refractivity contribution in [3.8, 4) is 22.9 Å². The lowest BCUT2D eigenvalue weighted by molar-refractivity contribution is 0.216. The molecule has 2 rings (SSSR count). The third kappa shape index (κ3) is 4.43. The molecule has 2 aromatic rings. The summed E-state index contributed by atoms with van der Waals surface area (Å²) in [5.41, 5.74) is 1.82. The van der Waals surface area contributed by atoms with Gasteiger partial charge in [0.05, 0.1) is 12.8 Å². The Hall–Kier alpha value is -2.14. The molecule has 5 heteroatoms. The van der Waals surface area contributed by atoms with Gasteiger partial charge in [0.2, 0.25) is 5.88 Å². The first-order chi connectivity index (χ1) is 10.8. The van der Waals surface area contributed by atoms with Gasteiger partial charge in [0.1, 0.15) is 12.4 Å². The van der Waals surface area contributed by atoms with Crippen LogP contribution < -0.4 is 9.47 Å². The predicted molar refractivity (Wildman–Crippen MR) is 87.3 cm³/mol. The Morgan fingerprint density at radius 3 is 2.23 bits per heavy atom. The first-order valence-electron chi connectivity index (χ1n) is 7.60. The van der Waals surface area contributed by atoms with Crippen LogP contribution in [0.5, 0.6) is 11.6 Å². The summed E-state index contributed by atoms with van der Waals surface area (Å²) < 4.78 is 10.8. The second-order valence-electron chi connectivity index (χ2n) is 4.86. The van der Waals surface area contributed by atoms with Crippen LogP contribution in [0.25, 0.3) is 11.3 Å². The van der Waals surface area contributed by atoms with E-state index >= 15 is 0 Å². The molecule has 0 saturated heterocycles. The maximum absolute atomic E-state index is 5.63. The van der Waals surface area contributed by atoms with Gasteiger partial charge < -0.3 is 14.4 Å². The van der Waals surface area contributed by atoms with Gasteiger partial charge in [0.25, 0.3) is 0 Å². The second-order valence-corrected chi connectivity index (χ2v) is 4.86. The van der Waals surface area contributed by atoms with E-state index in [-0.39, 0.29) is 0 Å². The number of hydrogen-bond acceptors (Lipinski definition) is 5. The monoisotopic (exact) mass is 301 g/mol. The highest BCUT2D eigenvalue weighted by atomic mass is 16.5. The SMILES string of the molecule is CCN(CC)CCOc1ccc(-c2ccc(OC)cc2)nn1. The van der Waals surface area contributed by atoms with Gasteiger partial charge in [0.15, 0.2) is 0 Å². The van der Waals surface area contributed by atoms with Gasteiger partial charge in [0, 0.05) is 18.2 Å². The average molecular weight is 301 g/mol. The molecular weight excluding hydrogens is 278 g/mol. The number of methoxy groups -OCH3 is 1. The van der Waals surface area contributed by atoms with Crippen molar-refractivity contribution in [3.05, 3.63) is 36.4 Å². The summed E-state index contributed by atoms with van der Waals surface area (Å²) in [7, 11) is 1.65. The molecule has 0 N–H and O–H groups in total. The number of likely N-dealkylation sites (N-methyl/N-ethyl adjacent to an activating group) is 1. The third-order valence-corrected chi connectivity index (χ3v) is 3.58. The van der Waals surface area contributed by atoms with E-state index in [1.54, 1.807) is 7.11 Å². The topological polar surface area (TPSA) is 47.5 Å². The smallest absolute Gasteiger partial charge is 0.233 e. The molecule has 22 heavy (non-hydrogen) atoms. The summed E-state index contributed by atoms with van der Waals surface area (Å²) >= 11 is 0. The van der Waals surface area contributed by atoms with Crippen LogP contribution >= 0.6 is 0 Å². The normalized spacial score (nSPS) is 10.7. The Kier molecular flexibility index (Phi) is 6.15. The van der Waals surface area contributed by atoms with E-state index in [2.05, 4.69) is 28.9 Å². The molecule has 1 aromatic carbocycles. The number of hydrogen-bond donors (Lipinski definition) is 0. The van der Waals surface area contributed by atoms with E-state index in [1.165, 1.54) is 0 Å². The van der Waals surface area contributed by atoms with Gasteiger partial charge in [-0.25, -0.2) is 0 Å². The van der Waals surface area contributed by atoms with Crippen molar-refractivity contribution in [2.24, 2.45) is 0 Å². The molecule has 0 spiro atoms. The molecule has 0 atom stereocenters. The second kappa shape index (κ2) is 8.34. The first kappa shape index (κ1) is 16.2. The first-order valence-corrected chi connectivity index (χ1v) is 7.60. The maximum Gasteiger partial charge on any atom is 0.233 e. The lowest BCUT2D eigenvalue weighted by Gasteiger charge is -2.17. The summed E-state index contributed by atoms with van der Waals surface area (Å²) in [5.74, 6) is 1.39. The third-order valence-electron chi connectivity index (χ3n) is 3.58. The number of nitrogens with zero attached hydrogens (tertiary/aromatic N) is 3. The number of benzene rings is 1. The Morgan fingerprint density at radius 1 is 0.955 bits per heavy atom. The van der Waals surface area contributed by atoms with Crippen LogP contribution in [0.1, 0.15) is 13.8 Å². The van der Waals surface area contributed by atoms with Crippen molar-refractivity contribution in [2.45, 2.75) is 13.8 Å². The standard InChI is InChI=1S/C17H23N3O2/c1-4-20(5-2)12-13-22-17-11-10-16(18-19-17)14-6-8-15(21-3)9-7-14/h6-11H,4-5,12-13H2,1-3H3. The molecule has 0 fully saturated rings. The molecule has 0 aliphatic heterocycles. The molecule has 1 aromatic heterocycles. The highest BCUT2D eigenvalue weighted by Crippen LogP contribution is 2.20. The Bertz CT molecular complexity index is 551. The fourth-order valence-electron chi connectivity index (χ4n) is 2.13. The molecule has 0 aliphatic carbocycles. The Labute approximate surface area is 131 Å². The van der Waals surface area contributed by atoms with Gasteiger partial charge in [-0.15, -0.1) is 10.2 Å². The van der Waals surface area contributed by atoms with E-state index in [4.69, 9.17) is 9.47 Å². The number of rotatable bonds is 8. The lowest BCUT2D eigenvalue weighted by atomic mass is 10.1. The fourth-order valence-corrected chi connectivity index (χ4v) is 2.13. The molecule has 118 valence electrons. The van der Waals surface area contributed by atoms with Gasteiger partial charge in [-0.05, 0) is 43.4 Å². The largest absolute Gasteiger partial charge is 0.497 e. The number of ether oxygens (including phenoxy) is 2. The quantitative estimate of drug-likeness (QED) is 0.750. The van der Waals surface area contributed by atoms with E-state index < -0.39 is 0 Å². The molecule has 0 aliphatic rings. The minimum atomic E-state index is 0.560. The van der Waals surface area contributed by atoms with Crippen LogP contribution in [0.3, 0.4) is 0 Å². The Morgan fingerprint density at radius 2 is 1.68 bits per heavy atom. The molecule has 5 nitrogen and oxygen atoms in total. The van der Waals surface area contributed by atoms with Gasteiger partial charge in [-0.1, -0.05) is 13.8 Å². The summed E-state index contributed by atoms with van der Waals surface area (Å²) in [5, 5.41) is 8.34. The molecule has 0 amide bonds. The van der Waals surface area contributed by atoms with E-state index in [0.717, 1.165) is 36.6 Å². The van der Waals surface area contributed by atoms with Crippen molar-refractivity contribution in [2.75, 3.05) is 33.4 Å². The van der Waals surface area contributed by atoms with Crippen LogP contribution in [0.15, 0.2) is 36.4 Å². The van der Waals surface area contributed by atoms with Crippen molar-refractivity contribution in [1.29, 1.82) is 0 Å². The van der Waals surface area contributed by atoms with Crippen LogP contribution in [0.2, 0.25) is 0 Å². The van der Waals surface area contributed by atoms with Crippen LogP contribution in [-0.4, -0.2) is 48.4 Å². The van der Waals surface area contributed by atoms with Gasteiger partial charge >= 0.3 is 0 Å². The summed E-state index contributed by atoms with van der Waals surface area (Å²) in [6.07, 6.45) is 0. The maximum atomic E-state index is 5.63. The molecule has 0 radical (unpaired) electrons. The van der Waals surface area contributed by atoms with Gasteiger partial charge in [-0.2, -0.15) is 0 Å². The van der Waals surface area contributed by atoms with Crippen molar-refractivity contribution < 1.29 is 9.47 Å². The highest BCUT2D eigenvalue weighted by Gasteiger charge is 2.04. The van der Waals surface area contributed by atoms with Crippen LogP contribution in [0, 0.1) is 0 Å². The van der Waals surface area contributed by atoms with Crippen LogP contribution in [-0.2, 0) is 0 Å². The zero-order chi connectivity index (χ0) is 15.8. The molecule has 0 bridgehead atoms. The summed E-state index contributed by atoms with van der Waals surface area (Å²) in [6, 6.07) is 11.5. The minimum absolute atomic E-state index is 0.560. The van der Waals surface area contributed by atoms with Crippen molar-refractivity contribution in [3.63, 3.8) is 0 Å². The summed E-state index contributed by atoms with van der Waals surface area (Å²) in [4.78, 5) is 2.30. The summed E-state index contributed by atoms with van der Waals surface area (Å²) in [6.45, 7) is 7.87. The van der Waals surface area contributed by atoms with Gasteiger partial charge in [-0.3, -0.25) is 0 Å². The average Bonchev–Trinajstić information content (AvgIpc) is 2.59. The Balaban J connectivity index is 1.92. The zero-order valence-electron chi connectivity index (χ0n) is 13.5. The molecule has 1 heterocycles. The predicted octanol–water partition coefficient (Wildman–Crippen LogP) is 2.87.